The summed E-state index contributed by atoms with van der Waals surface area (Å²) < 4.78 is 77.1. The average molecular weight is 312 g/mol. The molecule has 1 aromatic rings. The lowest BCUT2D eigenvalue weighted by Crippen LogP contribution is -2.49. The summed E-state index contributed by atoms with van der Waals surface area (Å²) in [6, 6.07) is 1.32. The van der Waals surface area contributed by atoms with Crippen LogP contribution in [0.4, 0.5) is 26.3 Å². The van der Waals surface area contributed by atoms with E-state index >= 15 is 0 Å². The fraction of sp³-hybridized carbons (Fsp3) is 0.538. The zero-order valence-corrected chi connectivity index (χ0v) is 10.9. The number of nitrogens with one attached hydrogen (secondary N) is 1. The normalized spacial score (nSPS) is 19.5. The molecule has 0 radical (unpaired) electrons. The Hall–Kier alpha value is -1.28. The van der Waals surface area contributed by atoms with Crippen molar-refractivity contribution in [3.05, 3.63) is 35.4 Å². The molecule has 1 aromatic carbocycles. The highest BCUT2D eigenvalue weighted by Gasteiger charge is 2.45. The molecule has 2 rings (SSSR count). The van der Waals surface area contributed by atoms with Crippen molar-refractivity contribution < 1.29 is 26.3 Å². The highest BCUT2D eigenvalue weighted by Crippen LogP contribution is 2.39. The number of alkyl halides is 6. The first kappa shape index (κ1) is 16.1. The third-order valence-corrected chi connectivity index (χ3v) is 3.38. The van der Waals surface area contributed by atoms with E-state index in [4.69, 9.17) is 0 Å². The van der Waals surface area contributed by atoms with E-state index in [-0.39, 0.29) is 18.7 Å². The molecule has 1 aliphatic rings. The maximum Gasteiger partial charge on any atom is 0.416 e. The van der Waals surface area contributed by atoms with Gasteiger partial charge in [-0.2, -0.15) is 26.3 Å². The van der Waals surface area contributed by atoms with Crippen LogP contribution in [0.5, 0.6) is 0 Å². The van der Waals surface area contributed by atoms with Crippen molar-refractivity contribution >= 4 is 0 Å². The van der Waals surface area contributed by atoms with Crippen molar-refractivity contribution in [3.63, 3.8) is 0 Å². The third-order valence-electron chi connectivity index (χ3n) is 3.38. The van der Waals surface area contributed by atoms with Crippen LogP contribution >= 0.6 is 0 Å². The van der Waals surface area contributed by atoms with Gasteiger partial charge in [-0.25, -0.2) is 0 Å². The zero-order chi connectivity index (χ0) is 15.7. The molecule has 0 spiro atoms. The lowest BCUT2D eigenvalue weighted by molar-refractivity contribution is -0.187. The van der Waals surface area contributed by atoms with E-state index in [0.717, 1.165) is 12.1 Å². The smallest absolute Gasteiger partial charge is 0.314 e. The number of hydrogen-bond donors (Lipinski definition) is 1. The first-order valence-corrected chi connectivity index (χ1v) is 6.38. The van der Waals surface area contributed by atoms with Crippen molar-refractivity contribution in [2.24, 2.45) is 0 Å². The summed E-state index contributed by atoms with van der Waals surface area (Å²) in [7, 11) is 0. The number of nitrogens with zero attached hydrogens (tertiary/aromatic N) is 1. The first-order valence-electron chi connectivity index (χ1n) is 6.38. The molecule has 0 aromatic heterocycles. The Morgan fingerprint density at radius 2 is 1.43 bits per heavy atom. The fourth-order valence-electron chi connectivity index (χ4n) is 2.40. The van der Waals surface area contributed by atoms with Gasteiger partial charge in [0.05, 0.1) is 5.56 Å². The maximum absolute atomic E-state index is 13.2. The van der Waals surface area contributed by atoms with Crippen LogP contribution in [-0.2, 0) is 6.18 Å². The van der Waals surface area contributed by atoms with E-state index in [0.29, 0.717) is 25.2 Å². The van der Waals surface area contributed by atoms with Crippen molar-refractivity contribution in [1.29, 1.82) is 0 Å². The Kier molecular flexibility index (Phi) is 4.48. The van der Waals surface area contributed by atoms with Gasteiger partial charge in [-0.3, -0.25) is 4.90 Å². The van der Waals surface area contributed by atoms with Crippen molar-refractivity contribution in [1.82, 2.24) is 10.2 Å². The van der Waals surface area contributed by atoms with Crippen molar-refractivity contribution in [2.75, 3.05) is 26.2 Å². The lowest BCUT2D eigenvalue weighted by atomic mass is 10.0. The van der Waals surface area contributed by atoms with Crippen molar-refractivity contribution in [3.8, 4) is 0 Å². The number of piperazine rings is 1. The van der Waals surface area contributed by atoms with Crippen LogP contribution in [0.2, 0.25) is 0 Å². The second-order valence-corrected chi connectivity index (χ2v) is 4.85. The number of hydrogen-bond acceptors (Lipinski definition) is 2. The molecule has 1 fully saturated rings. The molecule has 0 aliphatic carbocycles. The Morgan fingerprint density at radius 1 is 0.905 bits per heavy atom. The van der Waals surface area contributed by atoms with Gasteiger partial charge >= 0.3 is 12.4 Å². The van der Waals surface area contributed by atoms with E-state index in [9.17, 15) is 26.3 Å². The average Bonchev–Trinajstić information content (AvgIpc) is 2.38. The van der Waals surface area contributed by atoms with Gasteiger partial charge in [0, 0.05) is 26.2 Å². The molecule has 21 heavy (non-hydrogen) atoms. The molecule has 0 bridgehead atoms. The van der Waals surface area contributed by atoms with Gasteiger partial charge in [-0.15, -0.1) is 0 Å². The van der Waals surface area contributed by atoms with E-state index in [1.165, 1.54) is 4.90 Å². The largest absolute Gasteiger partial charge is 0.416 e. The van der Waals surface area contributed by atoms with Crippen LogP contribution < -0.4 is 5.32 Å². The second kappa shape index (κ2) is 5.84. The zero-order valence-electron chi connectivity index (χ0n) is 10.9. The minimum atomic E-state index is -4.55. The molecule has 1 saturated heterocycles. The SMILES string of the molecule is FC(F)(F)c1ccc([C@H](N2CCNCC2)C(F)(F)F)cc1. The Balaban J connectivity index is 2.29. The van der Waals surface area contributed by atoms with Gasteiger partial charge in [0.2, 0.25) is 0 Å². The predicted molar refractivity (Wildman–Crippen MR) is 64.7 cm³/mol. The number of rotatable bonds is 2. The van der Waals surface area contributed by atoms with Crippen LogP contribution in [-0.4, -0.2) is 37.3 Å². The summed E-state index contributed by atoms with van der Waals surface area (Å²) in [6.07, 6.45) is -9.08. The molecule has 0 amide bonds. The minimum Gasteiger partial charge on any atom is -0.314 e. The molecule has 2 nitrogen and oxygen atoms in total. The molecule has 118 valence electrons. The van der Waals surface area contributed by atoms with Crippen LogP contribution in [0.25, 0.3) is 0 Å². The molecule has 1 atom stereocenters. The molecule has 0 saturated carbocycles. The Labute approximate surface area is 117 Å². The summed E-state index contributed by atoms with van der Waals surface area (Å²) in [5.41, 5.74) is -1.12. The highest BCUT2D eigenvalue weighted by atomic mass is 19.4. The lowest BCUT2D eigenvalue weighted by Gasteiger charge is -2.36. The van der Waals surface area contributed by atoms with E-state index in [1.807, 2.05) is 0 Å². The van der Waals surface area contributed by atoms with E-state index in [1.54, 1.807) is 0 Å². The molecule has 1 aliphatic heterocycles. The minimum absolute atomic E-state index is 0.169. The van der Waals surface area contributed by atoms with Gasteiger partial charge in [0.1, 0.15) is 6.04 Å². The summed E-state index contributed by atoms with van der Waals surface area (Å²) in [5.74, 6) is 0. The van der Waals surface area contributed by atoms with Gasteiger partial charge in [0.15, 0.2) is 0 Å². The summed E-state index contributed by atoms with van der Waals surface area (Å²) in [4.78, 5) is 1.24. The highest BCUT2D eigenvalue weighted by molar-refractivity contribution is 5.28. The first-order chi connectivity index (χ1) is 9.69. The second-order valence-electron chi connectivity index (χ2n) is 4.85. The monoisotopic (exact) mass is 312 g/mol. The van der Waals surface area contributed by atoms with Crippen LogP contribution in [0.1, 0.15) is 17.2 Å². The molecule has 1 heterocycles. The summed E-state index contributed by atoms with van der Waals surface area (Å²) in [6.45, 7) is 1.25. The van der Waals surface area contributed by atoms with Crippen molar-refractivity contribution in [2.45, 2.75) is 18.4 Å². The fourth-order valence-corrected chi connectivity index (χ4v) is 2.40. The van der Waals surface area contributed by atoms with E-state index in [2.05, 4.69) is 5.32 Å². The van der Waals surface area contributed by atoms with E-state index < -0.39 is 24.0 Å². The molecular formula is C13H14F6N2. The topological polar surface area (TPSA) is 15.3 Å². The summed E-state index contributed by atoms with van der Waals surface area (Å²) in [5, 5.41) is 2.94. The Bertz CT molecular complexity index is 459. The van der Waals surface area contributed by atoms with Crippen LogP contribution in [0.15, 0.2) is 24.3 Å². The van der Waals surface area contributed by atoms with Gasteiger partial charge in [0.25, 0.3) is 0 Å². The molecular weight excluding hydrogens is 298 g/mol. The Morgan fingerprint density at radius 3 is 1.86 bits per heavy atom. The van der Waals surface area contributed by atoms with Crippen LogP contribution in [0, 0.1) is 0 Å². The van der Waals surface area contributed by atoms with Gasteiger partial charge < -0.3 is 5.32 Å². The standard InChI is InChI=1S/C13H14F6N2/c14-12(15,16)10-3-1-9(2-4-10)11(13(17,18)19)21-7-5-20-6-8-21/h1-4,11,20H,5-8H2/t11-/m0/s1. The quantitative estimate of drug-likeness (QED) is 0.844. The number of benzene rings is 1. The van der Waals surface area contributed by atoms with Crippen LogP contribution in [0.3, 0.4) is 0 Å². The molecule has 1 N–H and O–H groups in total. The number of halogens is 6. The third kappa shape index (κ3) is 3.88. The molecule has 8 heteroatoms. The maximum atomic E-state index is 13.2. The van der Waals surface area contributed by atoms with Gasteiger partial charge in [-0.1, -0.05) is 12.1 Å². The molecule has 0 unspecified atom stereocenters. The van der Waals surface area contributed by atoms with Gasteiger partial charge in [-0.05, 0) is 17.7 Å². The summed E-state index contributed by atoms with van der Waals surface area (Å²) >= 11 is 0. The predicted octanol–water partition coefficient (Wildman–Crippen LogP) is 3.21.